The minimum Gasteiger partial charge on any atom is -0.395 e. The molecule has 1 atom stereocenters. The molecule has 0 radical (unpaired) electrons. The zero-order valence-electron chi connectivity index (χ0n) is 11.3. The summed E-state index contributed by atoms with van der Waals surface area (Å²) in [6.45, 7) is 6.15. The van der Waals surface area contributed by atoms with E-state index in [-0.39, 0.29) is 11.9 Å². The third-order valence-electron chi connectivity index (χ3n) is 2.97. The number of aryl methyl sites for hydroxylation is 2. The third-order valence-corrected chi connectivity index (χ3v) is 2.97. The first-order chi connectivity index (χ1) is 9.04. The van der Waals surface area contributed by atoms with Crippen molar-refractivity contribution in [1.82, 2.24) is 25.1 Å². The summed E-state index contributed by atoms with van der Waals surface area (Å²) in [5.41, 5.74) is 7.39. The summed E-state index contributed by atoms with van der Waals surface area (Å²) in [6, 6.07) is -0.220. The highest BCUT2D eigenvalue weighted by Crippen LogP contribution is 2.17. The number of carbonyl (C=O) groups is 1. The lowest BCUT2D eigenvalue weighted by atomic mass is 10.2. The largest absolute Gasteiger partial charge is 0.395 e. The Balaban J connectivity index is 2.21. The number of imidazole rings is 1. The second kappa shape index (κ2) is 5.13. The van der Waals surface area contributed by atoms with Crippen LogP contribution in [0.4, 0.5) is 5.69 Å². The van der Waals surface area contributed by atoms with Gasteiger partial charge in [0.05, 0.1) is 17.4 Å². The number of nitrogen functional groups attached to an aromatic ring is 1. The van der Waals surface area contributed by atoms with Crippen LogP contribution < -0.4 is 11.1 Å². The predicted molar refractivity (Wildman–Crippen MR) is 71.5 cm³/mol. The molecule has 19 heavy (non-hydrogen) atoms. The van der Waals surface area contributed by atoms with Crippen LogP contribution in [0.25, 0.3) is 0 Å². The fourth-order valence-electron chi connectivity index (χ4n) is 1.91. The van der Waals surface area contributed by atoms with Gasteiger partial charge >= 0.3 is 0 Å². The molecule has 7 nitrogen and oxygen atoms in total. The molecule has 7 heteroatoms. The van der Waals surface area contributed by atoms with Crippen molar-refractivity contribution in [2.45, 2.75) is 33.4 Å². The van der Waals surface area contributed by atoms with Crippen molar-refractivity contribution < 1.29 is 4.79 Å². The average Bonchev–Trinajstić information content (AvgIpc) is 2.98. The van der Waals surface area contributed by atoms with Gasteiger partial charge in [-0.15, -0.1) is 0 Å². The molecule has 2 heterocycles. The molecule has 0 spiro atoms. The normalized spacial score (nSPS) is 12.4. The average molecular weight is 262 g/mol. The summed E-state index contributed by atoms with van der Waals surface area (Å²) in [4.78, 5) is 19.3. The van der Waals surface area contributed by atoms with Crippen molar-refractivity contribution in [3.05, 3.63) is 29.6 Å². The first kappa shape index (κ1) is 13.1. The quantitative estimate of drug-likeness (QED) is 0.765. The van der Waals surface area contributed by atoms with E-state index in [4.69, 9.17) is 5.73 Å². The molecule has 0 bridgehead atoms. The highest BCUT2D eigenvalue weighted by atomic mass is 16.2. The third kappa shape index (κ3) is 2.44. The van der Waals surface area contributed by atoms with Crippen molar-refractivity contribution in [1.29, 1.82) is 0 Å². The number of hydrogen-bond donors (Lipinski definition) is 3. The number of aromatic nitrogens is 4. The maximum absolute atomic E-state index is 12.3. The monoisotopic (exact) mass is 262 g/mol. The van der Waals surface area contributed by atoms with Crippen LogP contribution in [0, 0.1) is 6.92 Å². The standard InChI is InChI=1S/C12H18N6O/c1-4-18-10(9(13)7(2)17-18)12(19)16-8(3)11-14-5-6-15-11/h5-6,8H,4,13H2,1-3H3,(H,14,15)(H,16,19). The van der Waals surface area contributed by atoms with E-state index in [2.05, 4.69) is 20.4 Å². The molecule has 4 N–H and O–H groups in total. The van der Waals surface area contributed by atoms with Crippen molar-refractivity contribution in [2.75, 3.05) is 5.73 Å². The van der Waals surface area contributed by atoms with Crippen LogP contribution in [0.1, 0.15) is 41.9 Å². The van der Waals surface area contributed by atoms with Crippen LogP contribution in [-0.2, 0) is 6.54 Å². The molecule has 0 aliphatic rings. The van der Waals surface area contributed by atoms with Gasteiger partial charge < -0.3 is 16.0 Å². The minimum atomic E-state index is -0.246. The van der Waals surface area contributed by atoms with Crippen LogP contribution >= 0.6 is 0 Å². The Labute approximate surface area is 111 Å². The molecule has 102 valence electrons. The molecule has 0 aliphatic heterocycles. The van der Waals surface area contributed by atoms with Crippen LogP contribution in [0.2, 0.25) is 0 Å². The van der Waals surface area contributed by atoms with Gasteiger partial charge in [-0.1, -0.05) is 0 Å². The molecule has 0 saturated heterocycles. The lowest BCUT2D eigenvalue weighted by molar-refractivity contribution is 0.0928. The van der Waals surface area contributed by atoms with E-state index in [1.807, 2.05) is 13.8 Å². The molecule has 0 saturated carbocycles. The number of aromatic amines is 1. The topological polar surface area (TPSA) is 102 Å². The smallest absolute Gasteiger partial charge is 0.272 e. The molecular weight excluding hydrogens is 244 g/mol. The minimum absolute atomic E-state index is 0.220. The fraction of sp³-hybridized carbons (Fsp3) is 0.417. The maximum atomic E-state index is 12.3. The van der Waals surface area contributed by atoms with Crippen LogP contribution in [0.3, 0.4) is 0 Å². The van der Waals surface area contributed by atoms with E-state index in [0.29, 0.717) is 29.4 Å². The van der Waals surface area contributed by atoms with Gasteiger partial charge in [-0.25, -0.2) is 4.98 Å². The summed E-state index contributed by atoms with van der Waals surface area (Å²) >= 11 is 0. The highest BCUT2D eigenvalue weighted by Gasteiger charge is 2.21. The highest BCUT2D eigenvalue weighted by molar-refractivity contribution is 5.98. The predicted octanol–water partition coefficient (Wildman–Crippen LogP) is 1.01. The molecule has 2 aromatic heterocycles. The van der Waals surface area contributed by atoms with E-state index >= 15 is 0 Å². The van der Waals surface area contributed by atoms with Gasteiger partial charge in [-0.2, -0.15) is 5.10 Å². The molecule has 0 fully saturated rings. The Morgan fingerprint density at radius 2 is 2.37 bits per heavy atom. The number of nitrogens with two attached hydrogens (primary N) is 1. The molecule has 1 unspecified atom stereocenters. The van der Waals surface area contributed by atoms with E-state index in [1.54, 1.807) is 24.0 Å². The second-order valence-electron chi connectivity index (χ2n) is 4.33. The maximum Gasteiger partial charge on any atom is 0.272 e. The number of H-pyrrole nitrogens is 1. The van der Waals surface area contributed by atoms with E-state index in [0.717, 1.165) is 0 Å². The van der Waals surface area contributed by atoms with Gasteiger partial charge in [-0.05, 0) is 20.8 Å². The lowest BCUT2D eigenvalue weighted by Crippen LogP contribution is -2.30. The van der Waals surface area contributed by atoms with Gasteiger partial charge in [0.25, 0.3) is 5.91 Å². The number of nitrogens with one attached hydrogen (secondary N) is 2. The number of rotatable bonds is 4. The fourth-order valence-corrected chi connectivity index (χ4v) is 1.91. The first-order valence-corrected chi connectivity index (χ1v) is 6.17. The van der Waals surface area contributed by atoms with Crippen molar-refractivity contribution in [2.24, 2.45) is 0 Å². The number of nitrogens with zero attached hydrogens (tertiary/aromatic N) is 3. The van der Waals surface area contributed by atoms with E-state index in [1.165, 1.54) is 0 Å². The Kier molecular flexibility index (Phi) is 3.55. The van der Waals surface area contributed by atoms with Gasteiger partial charge in [0.15, 0.2) is 0 Å². The number of anilines is 1. The van der Waals surface area contributed by atoms with E-state index in [9.17, 15) is 4.79 Å². The number of hydrogen-bond acceptors (Lipinski definition) is 4. The van der Waals surface area contributed by atoms with Crippen LogP contribution in [0.5, 0.6) is 0 Å². The Morgan fingerprint density at radius 1 is 1.63 bits per heavy atom. The Hall–Kier alpha value is -2.31. The van der Waals surface area contributed by atoms with Gasteiger partial charge in [0.2, 0.25) is 0 Å². The molecule has 1 amide bonds. The zero-order chi connectivity index (χ0) is 14.0. The van der Waals surface area contributed by atoms with Crippen LogP contribution in [0.15, 0.2) is 12.4 Å². The molecule has 0 aliphatic carbocycles. The van der Waals surface area contributed by atoms with Gasteiger partial charge in [0, 0.05) is 18.9 Å². The second-order valence-corrected chi connectivity index (χ2v) is 4.33. The van der Waals surface area contributed by atoms with E-state index < -0.39 is 0 Å². The first-order valence-electron chi connectivity index (χ1n) is 6.17. The zero-order valence-corrected chi connectivity index (χ0v) is 11.3. The molecular formula is C12H18N6O. The van der Waals surface area contributed by atoms with Gasteiger partial charge in [0.1, 0.15) is 11.5 Å². The van der Waals surface area contributed by atoms with Gasteiger partial charge in [-0.3, -0.25) is 9.48 Å². The summed E-state index contributed by atoms with van der Waals surface area (Å²) in [5, 5.41) is 7.08. The summed E-state index contributed by atoms with van der Waals surface area (Å²) in [6.07, 6.45) is 3.36. The Bertz CT molecular complexity index is 571. The number of amides is 1. The molecule has 2 aromatic rings. The van der Waals surface area contributed by atoms with Crippen molar-refractivity contribution in [3.63, 3.8) is 0 Å². The van der Waals surface area contributed by atoms with Crippen LogP contribution in [-0.4, -0.2) is 25.7 Å². The lowest BCUT2D eigenvalue weighted by Gasteiger charge is -2.12. The SMILES string of the molecule is CCn1nc(C)c(N)c1C(=O)NC(C)c1ncc[nH]1. The molecule has 0 aromatic carbocycles. The molecule has 2 rings (SSSR count). The van der Waals surface area contributed by atoms with Crippen molar-refractivity contribution >= 4 is 11.6 Å². The van der Waals surface area contributed by atoms with Crippen molar-refractivity contribution in [3.8, 4) is 0 Å². The number of carbonyl (C=O) groups excluding carboxylic acids is 1. The summed E-state index contributed by atoms with van der Waals surface area (Å²) in [5.74, 6) is 0.454. The summed E-state index contributed by atoms with van der Waals surface area (Å²) in [7, 11) is 0. The Morgan fingerprint density at radius 3 is 2.95 bits per heavy atom. The summed E-state index contributed by atoms with van der Waals surface area (Å²) < 4.78 is 1.61.